The zero-order valence-corrected chi connectivity index (χ0v) is 14.4. The van der Waals surface area contributed by atoms with Crippen LogP contribution in [0.1, 0.15) is 11.3 Å². The summed E-state index contributed by atoms with van der Waals surface area (Å²) in [5.41, 5.74) is 2.93. The van der Waals surface area contributed by atoms with Gasteiger partial charge in [0.25, 0.3) is 0 Å². The fourth-order valence-electron chi connectivity index (χ4n) is 2.25. The molecule has 1 aromatic carbocycles. The summed E-state index contributed by atoms with van der Waals surface area (Å²) in [4.78, 5) is 6.95. The SMILES string of the molecule is Cc1cc2cc(CNS(=O)(=O)c3cnc(Cl)c(Cl)c3)ccc2[nH]1. The number of hydrogen-bond donors (Lipinski definition) is 2. The molecule has 0 bridgehead atoms. The van der Waals surface area contributed by atoms with Crippen molar-refractivity contribution < 1.29 is 8.42 Å². The number of aromatic amines is 1. The van der Waals surface area contributed by atoms with Crippen molar-refractivity contribution >= 4 is 44.1 Å². The van der Waals surface area contributed by atoms with Crippen LogP contribution in [0.5, 0.6) is 0 Å². The summed E-state index contributed by atoms with van der Waals surface area (Å²) < 4.78 is 27.1. The van der Waals surface area contributed by atoms with E-state index in [1.165, 1.54) is 12.3 Å². The van der Waals surface area contributed by atoms with Crippen molar-refractivity contribution in [3.05, 3.63) is 58.0 Å². The molecule has 0 atom stereocenters. The van der Waals surface area contributed by atoms with E-state index < -0.39 is 10.0 Å². The Hall–Kier alpha value is -1.60. The topological polar surface area (TPSA) is 74.8 Å². The Morgan fingerprint density at radius 3 is 2.74 bits per heavy atom. The molecule has 3 aromatic rings. The smallest absolute Gasteiger partial charge is 0.242 e. The van der Waals surface area contributed by atoms with E-state index in [9.17, 15) is 8.42 Å². The number of nitrogens with zero attached hydrogens (tertiary/aromatic N) is 1. The second-order valence-corrected chi connectivity index (χ2v) is 7.67. The summed E-state index contributed by atoms with van der Waals surface area (Å²) in [6.07, 6.45) is 1.18. The molecule has 23 heavy (non-hydrogen) atoms. The molecule has 0 aliphatic rings. The molecule has 2 heterocycles. The molecule has 0 fully saturated rings. The van der Waals surface area contributed by atoms with Gasteiger partial charge >= 0.3 is 0 Å². The van der Waals surface area contributed by atoms with Gasteiger partial charge in [0.1, 0.15) is 10.0 Å². The van der Waals surface area contributed by atoms with Crippen molar-refractivity contribution in [1.82, 2.24) is 14.7 Å². The number of sulfonamides is 1. The highest BCUT2D eigenvalue weighted by Gasteiger charge is 2.16. The summed E-state index contributed by atoms with van der Waals surface area (Å²) in [5, 5.41) is 1.20. The molecule has 0 aliphatic heterocycles. The van der Waals surface area contributed by atoms with Gasteiger partial charge in [-0.2, -0.15) is 0 Å². The van der Waals surface area contributed by atoms with Crippen molar-refractivity contribution in [3.63, 3.8) is 0 Å². The van der Waals surface area contributed by atoms with Gasteiger partial charge in [0.15, 0.2) is 0 Å². The Balaban J connectivity index is 1.80. The highest BCUT2D eigenvalue weighted by atomic mass is 35.5. The molecule has 2 N–H and O–H groups in total. The van der Waals surface area contributed by atoms with Crippen molar-refractivity contribution in [2.24, 2.45) is 0 Å². The third kappa shape index (κ3) is 3.50. The molecule has 120 valence electrons. The van der Waals surface area contributed by atoms with E-state index in [4.69, 9.17) is 23.2 Å². The zero-order chi connectivity index (χ0) is 16.6. The average Bonchev–Trinajstić information content (AvgIpc) is 2.87. The van der Waals surface area contributed by atoms with Crippen LogP contribution in [0.2, 0.25) is 10.2 Å². The van der Waals surface area contributed by atoms with Crippen LogP contribution in [0.15, 0.2) is 41.4 Å². The number of H-pyrrole nitrogens is 1. The van der Waals surface area contributed by atoms with E-state index in [2.05, 4.69) is 14.7 Å². The summed E-state index contributed by atoms with van der Waals surface area (Å²) >= 11 is 11.5. The van der Waals surface area contributed by atoms with Crippen LogP contribution < -0.4 is 4.72 Å². The number of aryl methyl sites for hydroxylation is 1. The number of rotatable bonds is 4. The van der Waals surface area contributed by atoms with E-state index in [-0.39, 0.29) is 21.6 Å². The first-order chi connectivity index (χ1) is 10.8. The van der Waals surface area contributed by atoms with Gasteiger partial charge < -0.3 is 4.98 Å². The molecule has 3 rings (SSSR count). The lowest BCUT2D eigenvalue weighted by molar-refractivity contribution is 0.581. The van der Waals surface area contributed by atoms with E-state index in [1.54, 1.807) is 0 Å². The van der Waals surface area contributed by atoms with E-state index in [1.807, 2.05) is 31.2 Å². The van der Waals surface area contributed by atoms with Crippen LogP contribution in [0, 0.1) is 6.92 Å². The fraction of sp³-hybridized carbons (Fsp3) is 0.133. The minimum absolute atomic E-state index is 0.0227. The van der Waals surface area contributed by atoms with Crippen LogP contribution in [0.25, 0.3) is 10.9 Å². The summed E-state index contributed by atoms with van der Waals surface area (Å²) in [7, 11) is -3.71. The van der Waals surface area contributed by atoms with E-state index in [0.717, 1.165) is 22.2 Å². The van der Waals surface area contributed by atoms with E-state index in [0.29, 0.717) is 0 Å². The molecular weight excluding hydrogens is 357 g/mol. The molecule has 0 spiro atoms. The summed E-state index contributed by atoms with van der Waals surface area (Å²) in [6.45, 7) is 2.14. The maximum absolute atomic E-state index is 12.3. The second-order valence-electron chi connectivity index (χ2n) is 5.14. The lowest BCUT2D eigenvalue weighted by Crippen LogP contribution is -2.23. The first-order valence-corrected chi connectivity index (χ1v) is 8.98. The van der Waals surface area contributed by atoms with Crippen molar-refractivity contribution in [3.8, 4) is 0 Å². The van der Waals surface area contributed by atoms with Crippen molar-refractivity contribution in [2.45, 2.75) is 18.4 Å². The minimum Gasteiger partial charge on any atom is -0.359 e. The first-order valence-electron chi connectivity index (χ1n) is 6.74. The Bertz CT molecular complexity index is 984. The molecule has 0 aliphatic carbocycles. The first kappa shape index (κ1) is 16.3. The average molecular weight is 370 g/mol. The maximum atomic E-state index is 12.3. The second kappa shape index (κ2) is 6.13. The van der Waals surface area contributed by atoms with Crippen LogP contribution >= 0.6 is 23.2 Å². The fourth-order valence-corrected chi connectivity index (χ4v) is 3.57. The van der Waals surface area contributed by atoms with Gasteiger partial charge in [-0.3, -0.25) is 0 Å². The molecular formula is C15H13Cl2N3O2S. The van der Waals surface area contributed by atoms with Crippen LogP contribution in [-0.2, 0) is 16.6 Å². The molecule has 2 aromatic heterocycles. The monoisotopic (exact) mass is 369 g/mol. The Labute approximate surface area is 143 Å². The number of nitrogens with one attached hydrogen (secondary N) is 2. The van der Waals surface area contributed by atoms with Gasteiger partial charge in [-0.1, -0.05) is 29.3 Å². The number of pyridine rings is 1. The number of halogens is 2. The summed E-state index contributed by atoms with van der Waals surface area (Å²) in [6, 6.07) is 9.02. The molecule has 5 nitrogen and oxygen atoms in total. The molecule has 0 unspecified atom stereocenters. The third-order valence-corrected chi connectivity index (χ3v) is 5.42. The Morgan fingerprint density at radius 1 is 1.22 bits per heavy atom. The zero-order valence-electron chi connectivity index (χ0n) is 12.1. The van der Waals surface area contributed by atoms with Crippen LogP contribution in [0.4, 0.5) is 0 Å². The molecule has 0 amide bonds. The normalized spacial score (nSPS) is 12.0. The van der Waals surface area contributed by atoms with Gasteiger partial charge in [-0.15, -0.1) is 0 Å². The number of fused-ring (bicyclic) bond motifs is 1. The predicted molar refractivity (Wildman–Crippen MR) is 91.3 cm³/mol. The Kier molecular flexibility index (Phi) is 4.33. The minimum atomic E-state index is -3.71. The van der Waals surface area contributed by atoms with Gasteiger partial charge in [-0.05, 0) is 42.1 Å². The van der Waals surface area contributed by atoms with Gasteiger partial charge in [0.05, 0.1) is 5.02 Å². The highest BCUT2D eigenvalue weighted by Crippen LogP contribution is 2.22. The van der Waals surface area contributed by atoms with E-state index >= 15 is 0 Å². The van der Waals surface area contributed by atoms with Crippen molar-refractivity contribution in [2.75, 3.05) is 0 Å². The number of aromatic nitrogens is 2. The molecule has 0 radical (unpaired) electrons. The summed E-state index contributed by atoms with van der Waals surface area (Å²) in [5.74, 6) is 0. The Morgan fingerprint density at radius 2 is 2.00 bits per heavy atom. The highest BCUT2D eigenvalue weighted by molar-refractivity contribution is 7.89. The van der Waals surface area contributed by atoms with Gasteiger partial charge in [-0.25, -0.2) is 18.1 Å². The molecule has 0 saturated heterocycles. The quantitative estimate of drug-likeness (QED) is 0.689. The largest absolute Gasteiger partial charge is 0.359 e. The third-order valence-electron chi connectivity index (χ3n) is 3.37. The number of benzene rings is 1. The van der Waals surface area contributed by atoms with Gasteiger partial charge in [0.2, 0.25) is 10.0 Å². The lowest BCUT2D eigenvalue weighted by atomic mass is 10.1. The lowest BCUT2D eigenvalue weighted by Gasteiger charge is -2.07. The van der Waals surface area contributed by atoms with Crippen LogP contribution in [-0.4, -0.2) is 18.4 Å². The molecule has 0 saturated carbocycles. The molecule has 8 heteroatoms. The maximum Gasteiger partial charge on any atom is 0.242 e. The van der Waals surface area contributed by atoms with Crippen LogP contribution in [0.3, 0.4) is 0 Å². The number of hydrogen-bond acceptors (Lipinski definition) is 3. The standard InChI is InChI=1S/C15H13Cl2N3O2S/c1-9-4-11-5-10(2-3-14(11)20-9)7-19-23(21,22)12-6-13(16)15(17)18-8-12/h2-6,8,19-20H,7H2,1H3. The van der Waals surface area contributed by atoms with Gasteiger partial charge in [0, 0.05) is 24.0 Å². The van der Waals surface area contributed by atoms with Crippen molar-refractivity contribution in [1.29, 1.82) is 0 Å². The predicted octanol–water partition coefficient (Wildman–Crippen LogP) is 3.66.